The smallest absolute Gasteiger partial charge is 0.414 e. The standard InChI is InChI=1S/C31H45NO7/c1-19-13-14-20(2)27-25(37-31(8,9)38-27)12-10-11-23-18-24(17-21(3)26(23)28(34)36-22(19)4)32(15-16-33)29(35)39-30(5,6)7/h10-11,13-14,17-20,22,25,27,33H,12,15-16H2,1-9H3/b11-10?,14-13-/t19-,20-,22+,25+,27-/m1/s1. The second kappa shape index (κ2) is 12.2. The molecule has 1 aromatic rings. The van der Waals surface area contributed by atoms with Crippen molar-refractivity contribution in [2.24, 2.45) is 11.8 Å². The molecule has 0 spiro atoms. The maximum Gasteiger partial charge on any atom is 0.414 e. The summed E-state index contributed by atoms with van der Waals surface area (Å²) in [4.78, 5) is 27.8. The molecule has 2 heterocycles. The van der Waals surface area contributed by atoms with Gasteiger partial charge in [-0.05, 0) is 78.1 Å². The number of aryl methyl sites for hydroxylation is 1. The van der Waals surface area contributed by atoms with E-state index in [4.69, 9.17) is 18.9 Å². The first-order chi connectivity index (χ1) is 18.1. The van der Waals surface area contributed by atoms with Crippen LogP contribution in [0.5, 0.6) is 0 Å². The normalized spacial score (nSPS) is 28.1. The molecule has 0 aromatic heterocycles. The molecule has 1 amide bonds. The largest absolute Gasteiger partial charge is 0.458 e. The number of fused-ring (bicyclic) bond motifs is 2. The number of ether oxygens (including phenoxy) is 4. The summed E-state index contributed by atoms with van der Waals surface area (Å²) in [5.41, 5.74) is 1.50. The summed E-state index contributed by atoms with van der Waals surface area (Å²) in [5.74, 6) is -1.04. The molecule has 1 N–H and O–H groups in total. The summed E-state index contributed by atoms with van der Waals surface area (Å²) in [7, 11) is 0. The number of amides is 1. The molecule has 0 aliphatic carbocycles. The van der Waals surface area contributed by atoms with Gasteiger partial charge < -0.3 is 24.1 Å². The number of cyclic esters (lactones) is 1. The van der Waals surface area contributed by atoms with Crippen LogP contribution >= 0.6 is 0 Å². The lowest BCUT2D eigenvalue weighted by molar-refractivity contribution is -0.148. The molecule has 0 saturated carbocycles. The highest BCUT2D eigenvalue weighted by atomic mass is 16.8. The predicted octanol–water partition coefficient (Wildman–Crippen LogP) is 6.04. The molecular formula is C31H45NO7. The lowest BCUT2D eigenvalue weighted by Gasteiger charge is -2.28. The Kier molecular flexibility index (Phi) is 9.68. The summed E-state index contributed by atoms with van der Waals surface area (Å²) < 4.78 is 24.0. The number of aliphatic hydroxyl groups excluding tert-OH is 1. The highest BCUT2D eigenvalue weighted by molar-refractivity contribution is 5.97. The SMILES string of the molecule is Cc1cc(N(CCO)C(=O)OC(C)(C)C)cc2c1C(=O)O[C@@H](C)[C@H](C)/C=C\[C@@H](C)[C@H]1OC(C)(C)O[C@H]1CC=C2. The van der Waals surface area contributed by atoms with Crippen LogP contribution in [0, 0.1) is 18.8 Å². The van der Waals surface area contributed by atoms with Crippen LogP contribution in [0.1, 0.15) is 83.3 Å². The fourth-order valence-electron chi connectivity index (χ4n) is 4.88. The van der Waals surface area contributed by atoms with Crippen molar-refractivity contribution in [1.29, 1.82) is 0 Å². The van der Waals surface area contributed by atoms with E-state index in [1.165, 1.54) is 4.90 Å². The topological polar surface area (TPSA) is 94.5 Å². The molecule has 1 aromatic carbocycles. The van der Waals surface area contributed by atoms with Gasteiger partial charge in [0.25, 0.3) is 0 Å². The average molecular weight is 544 g/mol. The zero-order chi connectivity index (χ0) is 29.1. The molecule has 2 aliphatic rings. The van der Waals surface area contributed by atoms with E-state index in [0.717, 1.165) is 0 Å². The van der Waals surface area contributed by atoms with E-state index >= 15 is 0 Å². The van der Waals surface area contributed by atoms with E-state index in [-0.39, 0.29) is 43.3 Å². The van der Waals surface area contributed by atoms with Gasteiger partial charge in [0.1, 0.15) is 11.7 Å². The molecule has 8 nitrogen and oxygen atoms in total. The number of nitrogens with zero attached hydrogens (tertiary/aromatic N) is 1. The Hall–Kier alpha value is -2.68. The molecule has 3 rings (SSSR count). The van der Waals surface area contributed by atoms with Crippen molar-refractivity contribution in [1.82, 2.24) is 0 Å². The third-order valence-electron chi connectivity index (χ3n) is 6.96. The van der Waals surface area contributed by atoms with E-state index < -0.39 is 23.5 Å². The number of carbonyl (C=O) groups excluding carboxylic acids is 2. The number of aliphatic hydroxyl groups is 1. The van der Waals surface area contributed by atoms with Gasteiger partial charge >= 0.3 is 12.1 Å². The van der Waals surface area contributed by atoms with Gasteiger partial charge in [-0.1, -0.05) is 38.2 Å². The first-order valence-electron chi connectivity index (χ1n) is 13.8. The Bertz CT molecular complexity index is 1100. The summed E-state index contributed by atoms with van der Waals surface area (Å²) in [6.45, 7) is 16.8. The van der Waals surface area contributed by atoms with Crippen molar-refractivity contribution >= 4 is 23.8 Å². The van der Waals surface area contributed by atoms with Crippen molar-refractivity contribution in [3.8, 4) is 0 Å². The number of esters is 1. The summed E-state index contributed by atoms with van der Waals surface area (Å²) in [6, 6.07) is 3.51. The number of benzene rings is 1. The molecule has 2 aliphatic heterocycles. The van der Waals surface area contributed by atoms with E-state index in [1.807, 2.05) is 46.8 Å². The molecule has 216 valence electrons. The number of hydrogen-bond donors (Lipinski definition) is 1. The van der Waals surface area contributed by atoms with Gasteiger partial charge in [0.05, 0.1) is 30.9 Å². The summed E-state index contributed by atoms with van der Waals surface area (Å²) in [5, 5.41) is 9.69. The Morgan fingerprint density at radius 1 is 1.13 bits per heavy atom. The fraction of sp³-hybridized carbons (Fsp3) is 0.613. The first kappa shape index (κ1) is 30.9. The van der Waals surface area contributed by atoms with Crippen molar-refractivity contribution in [3.63, 3.8) is 0 Å². The molecule has 0 bridgehead atoms. The van der Waals surface area contributed by atoms with Crippen LogP contribution < -0.4 is 4.90 Å². The lowest BCUT2D eigenvalue weighted by atomic mass is 9.93. The van der Waals surface area contributed by atoms with E-state index in [9.17, 15) is 14.7 Å². The Morgan fingerprint density at radius 3 is 2.44 bits per heavy atom. The molecule has 0 unspecified atom stereocenters. The molecule has 39 heavy (non-hydrogen) atoms. The average Bonchev–Trinajstić information content (AvgIpc) is 3.12. The fourth-order valence-corrected chi connectivity index (χ4v) is 4.88. The van der Waals surface area contributed by atoms with Crippen molar-refractivity contribution in [2.45, 2.75) is 98.4 Å². The van der Waals surface area contributed by atoms with E-state index in [1.54, 1.807) is 32.9 Å². The summed E-state index contributed by atoms with van der Waals surface area (Å²) in [6.07, 6.45) is 7.36. The minimum Gasteiger partial charge on any atom is -0.458 e. The van der Waals surface area contributed by atoms with E-state index in [0.29, 0.717) is 28.8 Å². The number of rotatable bonds is 3. The van der Waals surface area contributed by atoms with Gasteiger partial charge in [0.15, 0.2) is 5.79 Å². The van der Waals surface area contributed by atoms with Gasteiger partial charge in [-0.3, -0.25) is 4.90 Å². The number of hydrogen-bond acceptors (Lipinski definition) is 7. The van der Waals surface area contributed by atoms with Crippen molar-refractivity contribution < 1.29 is 33.6 Å². The molecule has 0 radical (unpaired) electrons. The van der Waals surface area contributed by atoms with Gasteiger partial charge in [0, 0.05) is 17.5 Å². The van der Waals surface area contributed by atoms with Crippen LogP contribution in [-0.4, -0.2) is 60.0 Å². The van der Waals surface area contributed by atoms with Crippen LogP contribution in [0.2, 0.25) is 0 Å². The van der Waals surface area contributed by atoms with Crippen molar-refractivity contribution in [2.75, 3.05) is 18.1 Å². The molecule has 1 saturated heterocycles. The minimum atomic E-state index is -0.705. The molecular weight excluding hydrogens is 498 g/mol. The maximum atomic E-state index is 13.4. The van der Waals surface area contributed by atoms with Gasteiger partial charge in [0.2, 0.25) is 0 Å². The van der Waals surface area contributed by atoms with Gasteiger partial charge in [-0.25, -0.2) is 9.59 Å². The van der Waals surface area contributed by atoms with Crippen LogP contribution in [0.4, 0.5) is 10.5 Å². The second-order valence-corrected chi connectivity index (χ2v) is 12.1. The zero-order valence-electron chi connectivity index (χ0n) is 24.8. The Morgan fingerprint density at radius 2 is 1.79 bits per heavy atom. The second-order valence-electron chi connectivity index (χ2n) is 12.1. The monoisotopic (exact) mass is 543 g/mol. The van der Waals surface area contributed by atoms with Gasteiger partial charge in [-0.15, -0.1) is 0 Å². The van der Waals surface area contributed by atoms with Crippen LogP contribution in [-0.2, 0) is 18.9 Å². The van der Waals surface area contributed by atoms with E-state index in [2.05, 4.69) is 19.1 Å². The Labute approximate surface area is 232 Å². The van der Waals surface area contributed by atoms with Crippen LogP contribution in [0.3, 0.4) is 0 Å². The first-order valence-corrected chi connectivity index (χ1v) is 13.8. The molecule has 8 heteroatoms. The molecule has 1 fully saturated rings. The predicted molar refractivity (Wildman–Crippen MR) is 152 cm³/mol. The minimum absolute atomic E-state index is 0.0149. The highest BCUT2D eigenvalue weighted by Gasteiger charge is 2.42. The maximum absolute atomic E-state index is 13.4. The lowest BCUT2D eigenvalue weighted by Crippen LogP contribution is -2.38. The number of carbonyl (C=O) groups is 2. The highest BCUT2D eigenvalue weighted by Crippen LogP contribution is 2.35. The van der Waals surface area contributed by atoms with Crippen LogP contribution in [0.15, 0.2) is 30.4 Å². The van der Waals surface area contributed by atoms with Crippen LogP contribution in [0.25, 0.3) is 6.08 Å². The third kappa shape index (κ3) is 7.93. The zero-order valence-corrected chi connectivity index (χ0v) is 24.8. The number of anilines is 1. The van der Waals surface area contributed by atoms with Gasteiger partial charge in [-0.2, -0.15) is 0 Å². The quantitative estimate of drug-likeness (QED) is 0.367. The molecule has 5 atom stereocenters. The third-order valence-corrected chi connectivity index (χ3v) is 6.96. The summed E-state index contributed by atoms with van der Waals surface area (Å²) >= 11 is 0. The Balaban J connectivity index is 2.08. The van der Waals surface area contributed by atoms with Crippen molar-refractivity contribution in [3.05, 3.63) is 47.1 Å².